The van der Waals surface area contributed by atoms with Gasteiger partial charge in [-0.1, -0.05) is 18.2 Å². The monoisotopic (exact) mass is 495 g/mol. The van der Waals surface area contributed by atoms with Crippen molar-refractivity contribution in [2.45, 2.75) is 39.8 Å². The van der Waals surface area contributed by atoms with E-state index in [0.29, 0.717) is 17.2 Å². The Balaban J connectivity index is 1.86. The predicted octanol–water partition coefficient (Wildman–Crippen LogP) is 6.67. The molecule has 0 aliphatic carbocycles. The van der Waals surface area contributed by atoms with Gasteiger partial charge in [0.1, 0.15) is 29.7 Å². The molecule has 1 aliphatic rings. The minimum absolute atomic E-state index is 0.192. The molecule has 4 rings (SSSR count). The average molecular weight is 496 g/mol. The smallest absolute Gasteiger partial charge is 0.203 e. The fourth-order valence-electron chi connectivity index (χ4n) is 4.56. The van der Waals surface area contributed by atoms with E-state index in [2.05, 4.69) is 38.2 Å². The minimum atomic E-state index is -1.45. The first-order valence-corrected chi connectivity index (χ1v) is 12.8. The van der Waals surface area contributed by atoms with Crippen LogP contribution in [0.1, 0.15) is 37.5 Å². The molecule has 0 spiro atoms. The summed E-state index contributed by atoms with van der Waals surface area (Å²) in [6, 6.07) is 14.0. The van der Waals surface area contributed by atoms with Crippen LogP contribution in [0.5, 0.6) is 17.2 Å². The number of methoxy groups -OCH3 is 1. The predicted molar refractivity (Wildman–Crippen MR) is 140 cm³/mol. The van der Waals surface area contributed by atoms with Crippen LogP contribution >= 0.6 is 0 Å². The van der Waals surface area contributed by atoms with E-state index in [0.717, 1.165) is 39.1 Å². The average Bonchev–Trinajstić information content (AvgIpc) is 2.78. The van der Waals surface area contributed by atoms with Gasteiger partial charge in [-0.2, -0.15) is 0 Å². The molecule has 1 N–H and O–H groups in total. The number of hydrogen-bond acceptors (Lipinski definition) is 5. The summed E-state index contributed by atoms with van der Waals surface area (Å²) in [5.74, 6) is 1.20. The Morgan fingerprint density at radius 2 is 1.74 bits per heavy atom. The zero-order chi connectivity index (χ0) is 25.3. The maximum Gasteiger partial charge on any atom is 0.203 e. The van der Waals surface area contributed by atoms with Crippen LogP contribution in [-0.4, -0.2) is 23.1 Å². The van der Waals surface area contributed by atoms with Gasteiger partial charge in [0, 0.05) is 40.8 Å². The zero-order valence-corrected chi connectivity index (χ0v) is 21.6. The molecule has 7 heteroatoms. The van der Waals surface area contributed by atoms with Crippen LogP contribution in [0.3, 0.4) is 0 Å². The lowest BCUT2D eigenvalue weighted by Gasteiger charge is -2.33. The molecule has 0 saturated heterocycles. The highest BCUT2D eigenvalue weighted by Gasteiger charge is 2.27. The summed E-state index contributed by atoms with van der Waals surface area (Å²) in [4.78, 5) is 0. The molecular formula is C28H30FNO4S. The van der Waals surface area contributed by atoms with Gasteiger partial charge in [-0.25, -0.2) is 8.60 Å². The van der Waals surface area contributed by atoms with E-state index in [4.69, 9.17) is 13.7 Å². The van der Waals surface area contributed by atoms with Gasteiger partial charge in [0.2, 0.25) is 11.1 Å². The Morgan fingerprint density at radius 3 is 2.46 bits per heavy atom. The molecule has 0 saturated carbocycles. The molecule has 1 atom stereocenters. The highest BCUT2D eigenvalue weighted by Crippen LogP contribution is 2.43. The van der Waals surface area contributed by atoms with E-state index in [1.807, 2.05) is 19.1 Å². The van der Waals surface area contributed by atoms with E-state index in [1.54, 1.807) is 25.3 Å². The van der Waals surface area contributed by atoms with Gasteiger partial charge >= 0.3 is 0 Å². The molecule has 35 heavy (non-hydrogen) atoms. The molecule has 3 aromatic rings. The highest BCUT2D eigenvalue weighted by atomic mass is 32.2. The van der Waals surface area contributed by atoms with Crippen molar-refractivity contribution in [1.29, 1.82) is 0 Å². The molecule has 0 amide bonds. The summed E-state index contributed by atoms with van der Waals surface area (Å²) in [7, 11) is 1.59. The van der Waals surface area contributed by atoms with Gasteiger partial charge in [-0.05, 0) is 68.7 Å². The third kappa shape index (κ3) is 5.35. The summed E-state index contributed by atoms with van der Waals surface area (Å²) >= 11 is -1.45. The number of benzene rings is 3. The van der Waals surface area contributed by atoms with Gasteiger partial charge in [-0.15, -0.1) is 0 Å². The van der Waals surface area contributed by atoms with E-state index < -0.39 is 11.1 Å². The summed E-state index contributed by atoms with van der Waals surface area (Å²) in [5.41, 5.74) is 6.57. The Labute approximate surface area is 208 Å². The molecule has 0 radical (unpaired) electrons. The van der Waals surface area contributed by atoms with Gasteiger partial charge in [0.25, 0.3) is 0 Å². The molecule has 1 heterocycles. The number of rotatable bonds is 7. The molecule has 0 bridgehead atoms. The van der Waals surface area contributed by atoms with Crippen LogP contribution < -0.4 is 19.0 Å². The van der Waals surface area contributed by atoms with Crippen LogP contribution in [-0.2, 0) is 17.7 Å². The topological polar surface area (TPSA) is 56.8 Å². The van der Waals surface area contributed by atoms with Crippen molar-refractivity contribution in [2.75, 3.05) is 18.7 Å². The lowest BCUT2D eigenvalue weighted by molar-refractivity contribution is 0.302. The van der Waals surface area contributed by atoms with Crippen LogP contribution in [0, 0.1) is 12.7 Å². The van der Waals surface area contributed by atoms with Crippen molar-refractivity contribution in [2.24, 2.45) is 0 Å². The molecule has 0 aromatic heterocycles. The molecule has 184 valence electrons. The second kappa shape index (κ2) is 9.74. The Bertz CT molecular complexity index is 1330. The maximum atomic E-state index is 13.9. The summed E-state index contributed by atoms with van der Waals surface area (Å²) < 4.78 is 42.7. The Kier molecular flexibility index (Phi) is 6.90. The summed E-state index contributed by atoms with van der Waals surface area (Å²) in [6.07, 6.45) is 3.66. The molecular weight excluding hydrogens is 465 g/mol. The number of ether oxygens (including phenoxy) is 2. The van der Waals surface area contributed by atoms with Gasteiger partial charge in [0.15, 0.2) is 0 Å². The Morgan fingerprint density at radius 1 is 1.00 bits per heavy atom. The van der Waals surface area contributed by atoms with E-state index in [1.165, 1.54) is 18.4 Å². The fraction of sp³-hybridized carbons (Fsp3) is 0.286. The molecule has 0 fully saturated rings. The maximum absolute atomic E-state index is 13.9. The van der Waals surface area contributed by atoms with Crippen molar-refractivity contribution in [3.63, 3.8) is 0 Å². The Hall–Kier alpha value is -3.32. The van der Waals surface area contributed by atoms with E-state index in [9.17, 15) is 8.60 Å². The first-order chi connectivity index (χ1) is 16.6. The summed E-state index contributed by atoms with van der Waals surface area (Å²) in [6.45, 7) is 8.46. The third-order valence-corrected chi connectivity index (χ3v) is 6.37. The lowest BCUT2D eigenvalue weighted by atomic mass is 9.85. The van der Waals surface area contributed by atoms with Crippen LogP contribution in [0.2, 0.25) is 0 Å². The van der Waals surface area contributed by atoms with Gasteiger partial charge in [0.05, 0.1) is 12.6 Å². The number of halogens is 1. The number of fused-ring (bicyclic) bond motifs is 1. The highest BCUT2D eigenvalue weighted by molar-refractivity contribution is 7.79. The van der Waals surface area contributed by atoms with Crippen molar-refractivity contribution >= 4 is 22.3 Å². The van der Waals surface area contributed by atoms with Crippen LogP contribution in [0.15, 0.2) is 54.6 Å². The minimum Gasteiger partial charge on any atom is -0.496 e. The third-order valence-electron chi connectivity index (χ3n) is 5.94. The van der Waals surface area contributed by atoms with Gasteiger partial charge in [-0.3, -0.25) is 0 Å². The second-order valence-electron chi connectivity index (χ2n) is 9.23. The van der Waals surface area contributed by atoms with E-state index >= 15 is 0 Å². The standard InChI is InChI=1S/C28H30FNO4S/c1-17-7-8-19(29)13-25(17)33-16-23-21(11-12-24-27(23)18(2)15-28(3,4)30-24)22-10-9-20(34-35(6)31)14-26(22)32-5/h7-15,30H,16H2,1-6H3. The molecule has 5 nitrogen and oxygen atoms in total. The number of anilines is 1. The second-order valence-corrected chi connectivity index (χ2v) is 10.2. The molecule has 3 aromatic carbocycles. The summed E-state index contributed by atoms with van der Waals surface area (Å²) in [5, 5.41) is 3.59. The first kappa shape index (κ1) is 24.8. The van der Waals surface area contributed by atoms with Crippen LogP contribution in [0.4, 0.5) is 10.1 Å². The van der Waals surface area contributed by atoms with Crippen molar-refractivity contribution in [3.05, 3.63) is 77.1 Å². The lowest BCUT2D eigenvalue weighted by Crippen LogP contribution is -2.32. The molecule has 1 unspecified atom stereocenters. The van der Waals surface area contributed by atoms with Crippen molar-refractivity contribution in [3.8, 4) is 28.4 Å². The normalized spacial score (nSPS) is 14.9. The van der Waals surface area contributed by atoms with E-state index in [-0.39, 0.29) is 18.0 Å². The zero-order valence-electron chi connectivity index (χ0n) is 20.8. The first-order valence-electron chi connectivity index (χ1n) is 11.3. The SMILES string of the molecule is COc1cc(OS(C)=O)ccc1-c1ccc2c(c1COc1cc(F)ccc1C)C(C)=CC(C)(C)N2. The van der Waals surface area contributed by atoms with Crippen LogP contribution in [0.25, 0.3) is 16.7 Å². The largest absolute Gasteiger partial charge is 0.496 e. The number of aryl methyl sites for hydroxylation is 1. The number of allylic oxidation sites excluding steroid dienone is 1. The fourth-order valence-corrected chi connectivity index (χ4v) is 4.94. The number of nitrogens with one attached hydrogen (secondary N) is 1. The quantitative estimate of drug-likeness (QED) is 0.397. The van der Waals surface area contributed by atoms with Gasteiger partial charge < -0.3 is 19.0 Å². The van der Waals surface area contributed by atoms with Crippen molar-refractivity contribution < 1.29 is 22.3 Å². The van der Waals surface area contributed by atoms with Crippen molar-refractivity contribution in [1.82, 2.24) is 0 Å². The molecule has 1 aliphatic heterocycles. The number of hydrogen-bond donors (Lipinski definition) is 1.